The van der Waals surface area contributed by atoms with Gasteiger partial charge in [0.05, 0.1) is 6.10 Å². The number of carbonyl (C=O) groups is 2. The van der Waals surface area contributed by atoms with Crippen molar-refractivity contribution >= 4 is 11.7 Å². The normalized spacial score (nSPS) is 54.1. The highest BCUT2D eigenvalue weighted by atomic mass is 16.3. The lowest BCUT2D eigenvalue weighted by Crippen LogP contribution is -2.66. The number of hydrogen-bond donors (Lipinski definition) is 2. The third-order valence-electron chi connectivity index (χ3n) is 13.1. The van der Waals surface area contributed by atoms with E-state index in [9.17, 15) is 14.7 Å². The molecule has 190 valence electrons. The summed E-state index contributed by atoms with van der Waals surface area (Å²) in [5.74, 6) is 0.713. The topological polar surface area (TPSA) is 80.4 Å². The fraction of sp³-hybridized carbons (Fsp3) is 0.867. The van der Waals surface area contributed by atoms with Crippen LogP contribution in [0.2, 0.25) is 0 Å². The van der Waals surface area contributed by atoms with Crippen LogP contribution in [0.4, 0.5) is 0 Å². The van der Waals surface area contributed by atoms with Crippen LogP contribution in [-0.4, -0.2) is 22.9 Å². The lowest BCUT2D eigenvalue weighted by atomic mass is 9.33. The molecule has 0 radical (unpaired) electrons. The summed E-state index contributed by atoms with van der Waals surface area (Å²) in [5, 5.41) is 10.9. The second-order valence-electron chi connectivity index (χ2n) is 15.0. The van der Waals surface area contributed by atoms with E-state index in [2.05, 4.69) is 47.6 Å². The summed E-state index contributed by atoms with van der Waals surface area (Å²) in [6.07, 6.45) is 10.5. The van der Waals surface area contributed by atoms with Crippen molar-refractivity contribution in [3.8, 4) is 0 Å². The monoisotopic (exact) mass is 469 g/mol. The van der Waals surface area contributed by atoms with Crippen molar-refractivity contribution in [3.05, 3.63) is 11.6 Å². The predicted octanol–water partition coefficient (Wildman–Crippen LogP) is 5.81. The number of aliphatic hydroxyl groups is 1. The van der Waals surface area contributed by atoms with E-state index in [1.165, 1.54) is 5.57 Å². The molecule has 9 atom stereocenters. The maximum atomic E-state index is 14.2. The molecule has 5 aliphatic carbocycles. The molecule has 0 bridgehead atoms. The third kappa shape index (κ3) is 2.81. The maximum Gasteiger partial charge on any atom is 0.223 e. The zero-order valence-corrected chi connectivity index (χ0v) is 22.6. The van der Waals surface area contributed by atoms with Gasteiger partial charge in [0.25, 0.3) is 0 Å². The van der Waals surface area contributed by atoms with Crippen molar-refractivity contribution in [2.45, 2.75) is 112 Å². The summed E-state index contributed by atoms with van der Waals surface area (Å²) >= 11 is 0. The first-order valence-electron chi connectivity index (χ1n) is 13.8. The molecule has 34 heavy (non-hydrogen) atoms. The molecule has 5 rings (SSSR count). The number of ketones is 1. The van der Waals surface area contributed by atoms with Gasteiger partial charge >= 0.3 is 0 Å². The van der Waals surface area contributed by atoms with Gasteiger partial charge in [-0.1, -0.05) is 54.0 Å². The van der Waals surface area contributed by atoms with Crippen LogP contribution < -0.4 is 5.73 Å². The summed E-state index contributed by atoms with van der Waals surface area (Å²) in [4.78, 5) is 26.7. The maximum absolute atomic E-state index is 14.2. The Morgan fingerprint density at radius 3 is 2.24 bits per heavy atom. The van der Waals surface area contributed by atoms with Crippen molar-refractivity contribution in [2.24, 2.45) is 56.0 Å². The Morgan fingerprint density at radius 2 is 1.59 bits per heavy atom. The molecular weight excluding hydrogens is 422 g/mol. The van der Waals surface area contributed by atoms with Crippen molar-refractivity contribution in [2.75, 3.05) is 0 Å². The quantitative estimate of drug-likeness (QED) is 0.508. The number of hydrogen-bond acceptors (Lipinski definition) is 3. The van der Waals surface area contributed by atoms with E-state index in [4.69, 9.17) is 5.73 Å². The fourth-order valence-corrected chi connectivity index (χ4v) is 10.4. The highest BCUT2D eigenvalue weighted by Crippen LogP contribution is 2.75. The number of fused-ring (bicyclic) bond motifs is 7. The minimum absolute atomic E-state index is 0.00487. The van der Waals surface area contributed by atoms with E-state index in [0.717, 1.165) is 57.8 Å². The highest BCUT2D eigenvalue weighted by molar-refractivity contribution is 5.95. The summed E-state index contributed by atoms with van der Waals surface area (Å²) in [7, 11) is 0. The molecule has 4 fully saturated rings. The van der Waals surface area contributed by atoms with E-state index in [-0.39, 0.29) is 50.9 Å². The van der Waals surface area contributed by atoms with E-state index < -0.39 is 5.41 Å². The smallest absolute Gasteiger partial charge is 0.223 e. The van der Waals surface area contributed by atoms with Crippen molar-refractivity contribution < 1.29 is 14.7 Å². The molecule has 0 saturated heterocycles. The Labute approximate surface area is 206 Å². The highest BCUT2D eigenvalue weighted by Gasteiger charge is 2.70. The van der Waals surface area contributed by atoms with Crippen LogP contribution in [-0.2, 0) is 9.59 Å². The SMILES string of the molecule is CC1(C)C2CC[C@]3(C)[C@H](C(=O)C=C4[C@@H]5C[C@@](C)(C(N)=O)CC[C@]5(C)CC[C@]43C)[C@@]2(C)CC[C@@H]1O. The third-order valence-corrected chi connectivity index (χ3v) is 13.1. The molecule has 0 aromatic heterocycles. The van der Waals surface area contributed by atoms with Crippen molar-refractivity contribution in [3.63, 3.8) is 0 Å². The van der Waals surface area contributed by atoms with Crippen LogP contribution in [0.3, 0.4) is 0 Å². The largest absolute Gasteiger partial charge is 0.393 e. The number of nitrogens with two attached hydrogens (primary N) is 1. The number of allylic oxidation sites excluding steroid dienone is 2. The molecule has 0 aromatic carbocycles. The summed E-state index contributed by atoms with van der Waals surface area (Å²) in [6.45, 7) is 16.1. The van der Waals surface area contributed by atoms with Gasteiger partial charge in [0, 0.05) is 11.3 Å². The summed E-state index contributed by atoms with van der Waals surface area (Å²) in [6, 6.07) is 0. The van der Waals surface area contributed by atoms with Gasteiger partial charge < -0.3 is 10.8 Å². The molecule has 0 aliphatic heterocycles. The van der Waals surface area contributed by atoms with Crippen LogP contribution in [0.5, 0.6) is 0 Å². The number of aliphatic hydroxyl groups excluding tert-OH is 1. The lowest BCUT2D eigenvalue weighted by Gasteiger charge is -2.70. The van der Waals surface area contributed by atoms with E-state index in [1.54, 1.807) is 0 Å². The van der Waals surface area contributed by atoms with E-state index in [0.29, 0.717) is 11.7 Å². The average Bonchev–Trinajstić information content (AvgIpc) is 2.73. The minimum atomic E-state index is -0.489. The molecule has 5 aliphatic rings. The standard InChI is InChI=1S/C30H47NO3/c1-25(2)21-8-11-30(7)23(28(21,5)10-9-22(25)33)20(32)16-18-19-17-27(4,24(31)34)13-12-26(19,3)14-15-29(18,30)6/h16,19,21-23,33H,8-15,17H2,1-7H3,(H2,31,34)/t19-,21?,22-,23+,26+,27-,28-,29+,30+/m0/s1. The Bertz CT molecular complexity index is 968. The molecule has 0 heterocycles. The van der Waals surface area contributed by atoms with Gasteiger partial charge in [0.2, 0.25) is 5.91 Å². The summed E-state index contributed by atoms with van der Waals surface area (Å²) in [5.41, 5.74) is 6.49. The Morgan fingerprint density at radius 1 is 0.941 bits per heavy atom. The first-order valence-corrected chi connectivity index (χ1v) is 13.8. The first kappa shape index (κ1) is 24.5. The van der Waals surface area contributed by atoms with E-state index in [1.807, 2.05) is 6.92 Å². The Hall–Kier alpha value is -1.16. The van der Waals surface area contributed by atoms with Gasteiger partial charge in [-0.3, -0.25) is 9.59 Å². The zero-order chi connectivity index (χ0) is 25.1. The second-order valence-corrected chi connectivity index (χ2v) is 15.0. The van der Waals surface area contributed by atoms with Crippen LogP contribution in [0.15, 0.2) is 11.6 Å². The fourth-order valence-electron chi connectivity index (χ4n) is 10.4. The molecule has 0 aromatic rings. The van der Waals surface area contributed by atoms with E-state index >= 15 is 0 Å². The zero-order valence-electron chi connectivity index (χ0n) is 22.6. The van der Waals surface area contributed by atoms with Crippen LogP contribution in [0.1, 0.15) is 106 Å². The number of amides is 1. The van der Waals surface area contributed by atoms with Crippen LogP contribution >= 0.6 is 0 Å². The van der Waals surface area contributed by atoms with Gasteiger partial charge in [-0.2, -0.15) is 0 Å². The second kappa shape index (κ2) is 6.99. The molecule has 4 heteroatoms. The Balaban J connectivity index is 1.62. The van der Waals surface area contributed by atoms with Crippen LogP contribution in [0, 0.1) is 50.2 Å². The molecule has 1 amide bonds. The number of primary amides is 1. The van der Waals surface area contributed by atoms with Gasteiger partial charge in [-0.15, -0.1) is 0 Å². The molecular formula is C30H47NO3. The average molecular weight is 470 g/mol. The Kier molecular flexibility index (Phi) is 5.04. The molecule has 1 unspecified atom stereocenters. The first-order chi connectivity index (χ1) is 15.6. The number of carbonyl (C=O) groups excluding carboxylic acids is 2. The molecule has 4 saturated carbocycles. The minimum Gasteiger partial charge on any atom is -0.393 e. The van der Waals surface area contributed by atoms with Gasteiger partial charge in [-0.25, -0.2) is 0 Å². The summed E-state index contributed by atoms with van der Waals surface area (Å²) < 4.78 is 0. The molecule has 4 nitrogen and oxygen atoms in total. The van der Waals surface area contributed by atoms with Crippen molar-refractivity contribution in [1.29, 1.82) is 0 Å². The number of rotatable bonds is 1. The predicted molar refractivity (Wildman–Crippen MR) is 135 cm³/mol. The van der Waals surface area contributed by atoms with Crippen LogP contribution in [0.25, 0.3) is 0 Å². The molecule has 0 spiro atoms. The van der Waals surface area contributed by atoms with Crippen molar-refractivity contribution in [1.82, 2.24) is 0 Å². The lowest BCUT2D eigenvalue weighted by molar-refractivity contribution is -0.202. The van der Waals surface area contributed by atoms with Gasteiger partial charge in [0.1, 0.15) is 0 Å². The van der Waals surface area contributed by atoms with Gasteiger partial charge in [-0.05, 0) is 103 Å². The molecule has 3 N–H and O–H groups in total. The van der Waals surface area contributed by atoms with Gasteiger partial charge in [0.15, 0.2) is 5.78 Å².